The molecule has 1 saturated heterocycles. The number of piperidine rings is 1. The summed E-state index contributed by atoms with van der Waals surface area (Å²) in [5, 5.41) is 3.89. The lowest BCUT2D eigenvalue weighted by atomic mass is 9.96. The van der Waals surface area contributed by atoms with Crippen LogP contribution in [0.1, 0.15) is 30.1 Å². The van der Waals surface area contributed by atoms with E-state index >= 15 is 0 Å². The van der Waals surface area contributed by atoms with Crippen molar-refractivity contribution in [3.8, 4) is 0 Å². The molecule has 1 N–H and O–H groups in total. The Bertz CT molecular complexity index is 477. The molecule has 0 spiro atoms. The van der Waals surface area contributed by atoms with Crippen molar-refractivity contribution < 1.29 is 4.79 Å². The number of carbonyl (C=O) groups excluding carboxylic acids is 1. The van der Waals surface area contributed by atoms with E-state index in [1.807, 2.05) is 11.0 Å². The number of rotatable bonds is 4. The lowest BCUT2D eigenvalue weighted by Crippen LogP contribution is -2.40. The Morgan fingerprint density at radius 2 is 2.10 bits per heavy atom. The van der Waals surface area contributed by atoms with Gasteiger partial charge in [0.2, 0.25) is 0 Å². The van der Waals surface area contributed by atoms with Gasteiger partial charge in [0.25, 0.3) is 5.91 Å². The Kier molecular flexibility index (Phi) is 8.03. The summed E-state index contributed by atoms with van der Waals surface area (Å²) in [5.41, 5.74) is 0.597. The van der Waals surface area contributed by atoms with Gasteiger partial charge in [0.1, 0.15) is 0 Å². The van der Waals surface area contributed by atoms with Crippen LogP contribution < -0.4 is 5.32 Å². The number of nitrogens with one attached hydrogen (secondary N) is 1. The summed E-state index contributed by atoms with van der Waals surface area (Å²) >= 11 is 9.51. The van der Waals surface area contributed by atoms with Crippen LogP contribution in [0.5, 0.6) is 0 Å². The van der Waals surface area contributed by atoms with Gasteiger partial charge < -0.3 is 10.2 Å². The number of amides is 1. The average Bonchev–Trinajstić information content (AvgIpc) is 2.45. The van der Waals surface area contributed by atoms with E-state index in [2.05, 4.69) is 28.2 Å². The second-order valence-corrected chi connectivity index (χ2v) is 6.49. The molecule has 1 amide bonds. The molecule has 1 aromatic carbocycles. The predicted octanol–water partition coefficient (Wildman–Crippen LogP) is 3.99. The molecule has 1 heterocycles. The Labute approximate surface area is 146 Å². The van der Waals surface area contributed by atoms with E-state index < -0.39 is 0 Å². The summed E-state index contributed by atoms with van der Waals surface area (Å²) in [7, 11) is 0. The van der Waals surface area contributed by atoms with Crippen molar-refractivity contribution in [3.63, 3.8) is 0 Å². The zero-order valence-corrected chi connectivity index (χ0v) is 15.2. The molecule has 0 saturated carbocycles. The molecule has 1 aliphatic rings. The van der Waals surface area contributed by atoms with Gasteiger partial charge in [0.15, 0.2) is 0 Å². The van der Waals surface area contributed by atoms with Crippen molar-refractivity contribution >= 4 is 45.8 Å². The van der Waals surface area contributed by atoms with Gasteiger partial charge in [-0.1, -0.05) is 34.5 Å². The van der Waals surface area contributed by atoms with Crippen LogP contribution in [0, 0.1) is 5.92 Å². The number of benzene rings is 1. The predicted molar refractivity (Wildman–Crippen MR) is 93.6 cm³/mol. The van der Waals surface area contributed by atoms with Crippen molar-refractivity contribution in [2.24, 2.45) is 5.92 Å². The summed E-state index contributed by atoms with van der Waals surface area (Å²) in [6.07, 6.45) is 2.12. The molecule has 0 unspecified atom stereocenters. The third-order valence-corrected chi connectivity index (χ3v) is 4.55. The van der Waals surface area contributed by atoms with Crippen LogP contribution in [-0.4, -0.2) is 37.0 Å². The van der Waals surface area contributed by atoms with E-state index in [1.54, 1.807) is 12.1 Å². The van der Waals surface area contributed by atoms with Crippen LogP contribution in [0.15, 0.2) is 22.7 Å². The molecule has 3 nitrogen and oxygen atoms in total. The molecular formula is C15H21BrCl2N2O. The van der Waals surface area contributed by atoms with E-state index in [0.29, 0.717) is 16.5 Å². The molecule has 118 valence electrons. The van der Waals surface area contributed by atoms with Gasteiger partial charge in [-0.3, -0.25) is 4.79 Å². The van der Waals surface area contributed by atoms with E-state index in [1.165, 1.54) is 0 Å². The highest BCUT2D eigenvalue weighted by Crippen LogP contribution is 2.25. The Morgan fingerprint density at radius 3 is 2.67 bits per heavy atom. The molecule has 2 rings (SSSR count). The molecule has 0 aliphatic carbocycles. The van der Waals surface area contributed by atoms with Crippen LogP contribution in [0.25, 0.3) is 0 Å². The lowest BCUT2D eigenvalue weighted by molar-refractivity contribution is 0.0690. The number of hydrogen-bond acceptors (Lipinski definition) is 2. The molecule has 1 aromatic rings. The smallest absolute Gasteiger partial charge is 0.255 e. The molecule has 0 aromatic heterocycles. The monoisotopic (exact) mass is 394 g/mol. The van der Waals surface area contributed by atoms with E-state index in [-0.39, 0.29) is 18.3 Å². The summed E-state index contributed by atoms with van der Waals surface area (Å²) < 4.78 is 0.892. The minimum atomic E-state index is 0. The van der Waals surface area contributed by atoms with Gasteiger partial charge in [0.05, 0.1) is 10.6 Å². The topological polar surface area (TPSA) is 32.3 Å². The summed E-state index contributed by atoms with van der Waals surface area (Å²) in [6, 6.07) is 5.42. The first kappa shape index (κ1) is 18.8. The fourth-order valence-corrected chi connectivity index (χ4v) is 3.28. The third kappa shape index (κ3) is 5.13. The summed E-state index contributed by atoms with van der Waals surface area (Å²) in [5.74, 6) is 0.726. The van der Waals surface area contributed by atoms with E-state index in [9.17, 15) is 4.79 Å². The highest BCUT2D eigenvalue weighted by Gasteiger charge is 2.24. The minimum Gasteiger partial charge on any atom is -0.339 e. The Hall–Kier alpha value is -0.290. The molecule has 0 atom stereocenters. The van der Waals surface area contributed by atoms with Crippen molar-refractivity contribution in [1.29, 1.82) is 0 Å². The average molecular weight is 396 g/mol. The fraction of sp³-hybridized carbons (Fsp3) is 0.533. The lowest BCUT2D eigenvalue weighted by Gasteiger charge is -2.32. The quantitative estimate of drug-likeness (QED) is 0.835. The molecule has 1 aliphatic heterocycles. The molecular weight excluding hydrogens is 375 g/mol. The number of likely N-dealkylation sites (tertiary alicyclic amines) is 1. The number of halogens is 3. The van der Waals surface area contributed by atoms with E-state index in [0.717, 1.165) is 43.5 Å². The van der Waals surface area contributed by atoms with Gasteiger partial charge in [-0.15, -0.1) is 12.4 Å². The standard InChI is InChI=1S/C15H20BrClN2O.ClH/c1-2-18-10-11-5-7-19(8-6-11)15(20)13-4-3-12(16)9-14(13)17;/h3-4,9,11,18H,2,5-8,10H2,1H3;1H. The fourth-order valence-electron chi connectivity index (χ4n) is 2.52. The van der Waals surface area contributed by atoms with Crippen LogP contribution in [0.4, 0.5) is 0 Å². The van der Waals surface area contributed by atoms with Gasteiger partial charge in [-0.25, -0.2) is 0 Å². The van der Waals surface area contributed by atoms with Crippen molar-refractivity contribution in [2.75, 3.05) is 26.2 Å². The highest BCUT2D eigenvalue weighted by molar-refractivity contribution is 9.10. The Balaban J connectivity index is 0.00000220. The molecule has 21 heavy (non-hydrogen) atoms. The summed E-state index contributed by atoms with van der Waals surface area (Å²) in [6.45, 7) is 5.82. The number of carbonyl (C=O) groups is 1. The molecule has 0 bridgehead atoms. The first-order valence-corrected chi connectivity index (χ1v) is 8.24. The van der Waals surface area contributed by atoms with Gasteiger partial charge in [-0.2, -0.15) is 0 Å². The third-order valence-electron chi connectivity index (χ3n) is 3.75. The Morgan fingerprint density at radius 1 is 1.43 bits per heavy atom. The van der Waals surface area contributed by atoms with Gasteiger partial charge >= 0.3 is 0 Å². The maximum Gasteiger partial charge on any atom is 0.255 e. The van der Waals surface area contributed by atoms with Crippen LogP contribution in [0.2, 0.25) is 5.02 Å². The van der Waals surface area contributed by atoms with Crippen molar-refractivity contribution in [3.05, 3.63) is 33.3 Å². The largest absolute Gasteiger partial charge is 0.339 e. The molecule has 6 heteroatoms. The first-order chi connectivity index (χ1) is 9.61. The van der Waals surface area contributed by atoms with Crippen molar-refractivity contribution in [2.45, 2.75) is 19.8 Å². The van der Waals surface area contributed by atoms with E-state index in [4.69, 9.17) is 11.6 Å². The van der Waals surface area contributed by atoms with Gasteiger partial charge in [-0.05, 0) is 50.0 Å². The zero-order chi connectivity index (χ0) is 14.5. The van der Waals surface area contributed by atoms with Gasteiger partial charge in [0, 0.05) is 17.6 Å². The molecule has 0 radical (unpaired) electrons. The van der Waals surface area contributed by atoms with Crippen LogP contribution in [0.3, 0.4) is 0 Å². The van der Waals surface area contributed by atoms with Crippen LogP contribution in [-0.2, 0) is 0 Å². The highest BCUT2D eigenvalue weighted by atomic mass is 79.9. The van der Waals surface area contributed by atoms with Crippen LogP contribution >= 0.6 is 39.9 Å². The number of nitrogens with zero attached hydrogens (tertiary/aromatic N) is 1. The summed E-state index contributed by atoms with van der Waals surface area (Å²) in [4.78, 5) is 14.4. The maximum atomic E-state index is 12.5. The first-order valence-electron chi connectivity index (χ1n) is 7.07. The second-order valence-electron chi connectivity index (χ2n) is 5.17. The van der Waals surface area contributed by atoms with Crippen molar-refractivity contribution in [1.82, 2.24) is 10.2 Å². The number of hydrogen-bond donors (Lipinski definition) is 1. The maximum absolute atomic E-state index is 12.5. The minimum absolute atomic E-state index is 0. The normalized spacial score (nSPS) is 15.7. The second kappa shape index (κ2) is 8.99. The zero-order valence-electron chi connectivity index (χ0n) is 12.1. The SMILES string of the molecule is CCNCC1CCN(C(=O)c2ccc(Br)cc2Cl)CC1.Cl. The molecule has 1 fully saturated rings.